The number of hydrogen-bond donors (Lipinski definition) is 0. The molecule has 8 nitrogen and oxygen atoms in total. The molecule has 2 rings (SSSR count). The van der Waals surface area contributed by atoms with Gasteiger partial charge in [0.25, 0.3) is 0 Å². The summed E-state index contributed by atoms with van der Waals surface area (Å²) in [6, 6.07) is 0. The maximum Gasteiger partial charge on any atom is 0.312 e. The molecule has 0 bridgehead atoms. The van der Waals surface area contributed by atoms with E-state index in [1.54, 1.807) is 18.7 Å². The molecular weight excluding hydrogens is 262 g/mol. The number of nitro groups is 1. The number of aromatic nitrogens is 2. The van der Waals surface area contributed by atoms with E-state index in [1.165, 1.54) is 4.68 Å². The number of nitrogens with zero attached hydrogens (tertiary/aromatic N) is 5. The van der Waals surface area contributed by atoms with E-state index in [2.05, 4.69) is 10.00 Å². The fourth-order valence-corrected chi connectivity index (χ4v) is 2.39. The fraction of sp³-hybridized carbons (Fsp3) is 0.667. The largest absolute Gasteiger partial charge is 0.339 e. The number of aryl methyl sites for hydroxylation is 1. The maximum absolute atomic E-state index is 12.2. The highest BCUT2D eigenvalue weighted by Gasteiger charge is 2.25. The Hall–Kier alpha value is -1.96. The van der Waals surface area contributed by atoms with E-state index < -0.39 is 4.92 Å². The van der Waals surface area contributed by atoms with Crippen molar-refractivity contribution in [2.24, 2.45) is 0 Å². The third-order valence-electron chi connectivity index (χ3n) is 3.67. The van der Waals surface area contributed by atoms with Crippen molar-refractivity contribution in [1.29, 1.82) is 0 Å². The average Bonchev–Trinajstić information content (AvgIpc) is 2.65. The summed E-state index contributed by atoms with van der Waals surface area (Å²) in [4.78, 5) is 26.6. The van der Waals surface area contributed by atoms with Crippen LogP contribution < -0.4 is 0 Å². The molecule has 2 heterocycles. The van der Waals surface area contributed by atoms with Crippen LogP contribution in [0.2, 0.25) is 0 Å². The Bertz CT molecular complexity index is 531. The standard InChI is InChI=1S/C12H19N5O3/c1-9-12(17(19)20)10(2)16(13-9)8-11(18)15-6-4-14(3)5-7-15/h4-8H2,1-3H3. The molecule has 0 spiro atoms. The number of likely N-dealkylation sites (N-methyl/N-ethyl adjacent to an activating group) is 1. The quantitative estimate of drug-likeness (QED) is 0.583. The molecule has 0 atom stereocenters. The van der Waals surface area contributed by atoms with E-state index in [4.69, 9.17) is 0 Å². The Balaban J connectivity index is 2.09. The van der Waals surface area contributed by atoms with Crippen molar-refractivity contribution in [2.45, 2.75) is 20.4 Å². The Morgan fingerprint density at radius 2 is 1.90 bits per heavy atom. The van der Waals surface area contributed by atoms with Gasteiger partial charge in [-0.05, 0) is 20.9 Å². The summed E-state index contributed by atoms with van der Waals surface area (Å²) in [5, 5.41) is 15.0. The Kier molecular flexibility index (Phi) is 4.03. The number of carbonyl (C=O) groups is 1. The first kappa shape index (κ1) is 14.4. The van der Waals surface area contributed by atoms with Gasteiger partial charge in [0.15, 0.2) is 0 Å². The summed E-state index contributed by atoms with van der Waals surface area (Å²) in [6.45, 7) is 6.35. The van der Waals surface area contributed by atoms with E-state index in [0.717, 1.165) is 13.1 Å². The van der Waals surface area contributed by atoms with Gasteiger partial charge in [0, 0.05) is 26.2 Å². The Morgan fingerprint density at radius 3 is 2.40 bits per heavy atom. The van der Waals surface area contributed by atoms with Crippen molar-refractivity contribution in [3.05, 3.63) is 21.5 Å². The summed E-state index contributed by atoms with van der Waals surface area (Å²) in [5.74, 6) is -0.0430. The smallest absolute Gasteiger partial charge is 0.312 e. The molecule has 20 heavy (non-hydrogen) atoms. The van der Waals surface area contributed by atoms with Gasteiger partial charge in [-0.15, -0.1) is 0 Å². The third-order valence-corrected chi connectivity index (χ3v) is 3.67. The molecule has 1 aliphatic rings. The van der Waals surface area contributed by atoms with Crippen LogP contribution in [0, 0.1) is 24.0 Å². The van der Waals surface area contributed by atoms with E-state index in [9.17, 15) is 14.9 Å². The topological polar surface area (TPSA) is 84.5 Å². The van der Waals surface area contributed by atoms with Crippen molar-refractivity contribution >= 4 is 11.6 Å². The molecule has 1 aromatic rings. The van der Waals surface area contributed by atoms with Crippen LogP contribution in [0.15, 0.2) is 0 Å². The van der Waals surface area contributed by atoms with Crippen LogP contribution in [-0.4, -0.2) is 63.6 Å². The molecule has 0 aliphatic carbocycles. The minimum absolute atomic E-state index is 0.00354. The summed E-state index contributed by atoms with van der Waals surface area (Å²) in [5.41, 5.74) is 0.768. The summed E-state index contributed by atoms with van der Waals surface area (Å²) >= 11 is 0. The highest BCUT2D eigenvalue weighted by Crippen LogP contribution is 2.21. The van der Waals surface area contributed by atoms with E-state index in [0.29, 0.717) is 24.5 Å². The average molecular weight is 281 g/mol. The molecule has 1 fully saturated rings. The molecule has 0 saturated carbocycles. The van der Waals surface area contributed by atoms with Crippen LogP contribution in [0.4, 0.5) is 5.69 Å². The van der Waals surface area contributed by atoms with E-state index >= 15 is 0 Å². The second-order valence-electron chi connectivity index (χ2n) is 5.12. The van der Waals surface area contributed by atoms with Crippen LogP contribution >= 0.6 is 0 Å². The second kappa shape index (κ2) is 5.58. The zero-order valence-corrected chi connectivity index (χ0v) is 12.0. The fourth-order valence-electron chi connectivity index (χ4n) is 2.39. The number of amides is 1. The first-order valence-corrected chi connectivity index (χ1v) is 6.55. The van der Waals surface area contributed by atoms with Gasteiger partial charge in [-0.2, -0.15) is 5.10 Å². The molecule has 8 heteroatoms. The third kappa shape index (κ3) is 2.79. The van der Waals surface area contributed by atoms with Crippen LogP contribution in [-0.2, 0) is 11.3 Å². The van der Waals surface area contributed by atoms with E-state index in [1.807, 2.05) is 7.05 Å². The number of piperazine rings is 1. The molecule has 1 aliphatic heterocycles. The van der Waals surface area contributed by atoms with Gasteiger partial charge in [0.05, 0.1) is 4.92 Å². The lowest BCUT2D eigenvalue weighted by Gasteiger charge is -2.32. The molecule has 110 valence electrons. The number of hydrogen-bond acceptors (Lipinski definition) is 5. The maximum atomic E-state index is 12.2. The monoisotopic (exact) mass is 281 g/mol. The summed E-state index contributed by atoms with van der Waals surface area (Å²) < 4.78 is 1.42. The molecule has 1 saturated heterocycles. The minimum atomic E-state index is -0.450. The molecule has 1 amide bonds. The lowest BCUT2D eigenvalue weighted by Crippen LogP contribution is -2.48. The van der Waals surface area contributed by atoms with Crippen molar-refractivity contribution in [2.75, 3.05) is 33.2 Å². The highest BCUT2D eigenvalue weighted by molar-refractivity contribution is 5.76. The van der Waals surface area contributed by atoms with Crippen molar-refractivity contribution < 1.29 is 9.72 Å². The lowest BCUT2D eigenvalue weighted by atomic mass is 10.3. The van der Waals surface area contributed by atoms with Crippen molar-refractivity contribution in [3.8, 4) is 0 Å². The van der Waals surface area contributed by atoms with Gasteiger partial charge in [-0.25, -0.2) is 0 Å². The molecule has 0 aromatic carbocycles. The first-order chi connectivity index (χ1) is 9.40. The van der Waals surface area contributed by atoms with Gasteiger partial charge in [-0.3, -0.25) is 19.6 Å². The molecule has 1 aromatic heterocycles. The first-order valence-electron chi connectivity index (χ1n) is 6.55. The second-order valence-corrected chi connectivity index (χ2v) is 5.12. The SMILES string of the molecule is Cc1nn(CC(=O)N2CCN(C)CC2)c(C)c1[N+](=O)[O-]. The van der Waals surface area contributed by atoms with E-state index in [-0.39, 0.29) is 18.1 Å². The molecule has 0 unspecified atom stereocenters. The van der Waals surface area contributed by atoms with Crippen molar-refractivity contribution in [1.82, 2.24) is 19.6 Å². The van der Waals surface area contributed by atoms with Crippen LogP contribution in [0.3, 0.4) is 0 Å². The Labute approximate surface area is 117 Å². The van der Waals surface area contributed by atoms with Gasteiger partial charge in [0.1, 0.15) is 17.9 Å². The van der Waals surface area contributed by atoms with Crippen LogP contribution in [0.5, 0.6) is 0 Å². The van der Waals surface area contributed by atoms with Gasteiger partial charge < -0.3 is 9.80 Å². The lowest BCUT2D eigenvalue weighted by molar-refractivity contribution is -0.386. The highest BCUT2D eigenvalue weighted by atomic mass is 16.6. The van der Waals surface area contributed by atoms with Crippen molar-refractivity contribution in [3.63, 3.8) is 0 Å². The predicted octanol–water partition coefficient (Wildman–Crippen LogP) is 0.182. The Morgan fingerprint density at radius 1 is 1.30 bits per heavy atom. The normalized spacial score (nSPS) is 16.4. The zero-order valence-electron chi connectivity index (χ0n) is 12.0. The summed E-state index contributed by atoms with van der Waals surface area (Å²) in [6.07, 6.45) is 0. The zero-order chi connectivity index (χ0) is 14.9. The number of carbonyl (C=O) groups excluding carboxylic acids is 1. The molecule has 0 N–H and O–H groups in total. The van der Waals surface area contributed by atoms with Gasteiger partial charge in [-0.1, -0.05) is 0 Å². The predicted molar refractivity (Wildman–Crippen MR) is 72.4 cm³/mol. The van der Waals surface area contributed by atoms with Gasteiger partial charge >= 0.3 is 5.69 Å². The van der Waals surface area contributed by atoms with Gasteiger partial charge in [0.2, 0.25) is 5.91 Å². The van der Waals surface area contributed by atoms with Crippen LogP contribution in [0.1, 0.15) is 11.4 Å². The minimum Gasteiger partial charge on any atom is -0.339 e. The number of rotatable bonds is 3. The molecular formula is C12H19N5O3. The summed E-state index contributed by atoms with van der Waals surface area (Å²) in [7, 11) is 2.02. The van der Waals surface area contributed by atoms with Crippen LogP contribution in [0.25, 0.3) is 0 Å². The molecule has 0 radical (unpaired) electrons.